The average molecular weight is 248 g/mol. The van der Waals surface area contributed by atoms with Crippen molar-refractivity contribution in [2.45, 2.75) is 25.8 Å². The van der Waals surface area contributed by atoms with E-state index in [0.717, 1.165) is 17.3 Å². The van der Waals surface area contributed by atoms with Crippen LogP contribution in [-0.2, 0) is 9.53 Å². The predicted octanol–water partition coefficient (Wildman–Crippen LogP) is 2.48. The molecule has 1 fully saturated rings. The highest BCUT2D eigenvalue weighted by molar-refractivity contribution is 5.91. The van der Waals surface area contributed by atoms with E-state index in [9.17, 15) is 4.79 Å². The number of anilines is 2. The van der Waals surface area contributed by atoms with Gasteiger partial charge in [-0.2, -0.15) is 0 Å². The molecule has 2 N–H and O–H groups in total. The second-order valence-corrected chi connectivity index (χ2v) is 4.83. The van der Waals surface area contributed by atoms with Crippen LogP contribution in [0.2, 0.25) is 0 Å². The third-order valence-electron chi connectivity index (χ3n) is 3.17. The monoisotopic (exact) mass is 248 g/mol. The first kappa shape index (κ1) is 12.9. The number of ether oxygens (including phenoxy) is 1. The lowest BCUT2D eigenvalue weighted by atomic mass is 10.2. The van der Waals surface area contributed by atoms with E-state index in [1.807, 2.05) is 24.3 Å². The molecular weight excluding hydrogens is 228 g/mol. The van der Waals surface area contributed by atoms with Gasteiger partial charge in [0.25, 0.3) is 0 Å². The molecule has 1 aromatic carbocycles. The third-order valence-corrected chi connectivity index (χ3v) is 3.17. The molecule has 0 bridgehead atoms. The molecule has 18 heavy (non-hydrogen) atoms. The van der Waals surface area contributed by atoms with Crippen LogP contribution >= 0.6 is 0 Å². The molecular formula is C14H20N2O2. The van der Waals surface area contributed by atoms with Gasteiger partial charge in [-0.3, -0.25) is 4.79 Å². The van der Waals surface area contributed by atoms with Gasteiger partial charge in [0.2, 0.25) is 5.91 Å². The van der Waals surface area contributed by atoms with Gasteiger partial charge in [0.05, 0.1) is 0 Å². The highest BCUT2D eigenvalue weighted by Gasteiger charge is 2.27. The Morgan fingerprint density at radius 2 is 1.94 bits per heavy atom. The molecule has 4 heteroatoms. The van der Waals surface area contributed by atoms with E-state index in [1.165, 1.54) is 20.0 Å². The van der Waals surface area contributed by atoms with Crippen molar-refractivity contribution in [2.24, 2.45) is 5.92 Å². The summed E-state index contributed by atoms with van der Waals surface area (Å²) in [5.74, 6) is 0.690. The number of amides is 1. The molecule has 0 radical (unpaired) electrons. The SMILES string of the molecule is COCC(=O)Nc1ccc(NC(C)C2CC2)cc1. The first-order valence-corrected chi connectivity index (χ1v) is 6.34. The largest absolute Gasteiger partial charge is 0.382 e. The van der Waals surface area contributed by atoms with Crippen LogP contribution in [-0.4, -0.2) is 25.7 Å². The van der Waals surface area contributed by atoms with Crippen molar-refractivity contribution < 1.29 is 9.53 Å². The summed E-state index contributed by atoms with van der Waals surface area (Å²) < 4.78 is 4.76. The highest BCUT2D eigenvalue weighted by atomic mass is 16.5. The number of carbonyl (C=O) groups is 1. The molecule has 0 aliphatic heterocycles. The molecule has 1 saturated carbocycles. The van der Waals surface area contributed by atoms with Crippen LogP contribution in [0.15, 0.2) is 24.3 Å². The molecule has 98 valence electrons. The Bertz CT molecular complexity index is 399. The molecule has 1 atom stereocenters. The second-order valence-electron chi connectivity index (χ2n) is 4.83. The predicted molar refractivity (Wildman–Crippen MR) is 72.8 cm³/mol. The van der Waals surface area contributed by atoms with Gasteiger partial charge in [0.1, 0.15) is 6.61 Å². The summed E-state index contributed by atoms with van der Waals surface area (Å²) in [4.78, 5) is 11.3. The van der Waals surface area contributed by atoms with Gasteiger partial charge in [-0.25, -0.2) is 0 Å². The number of benzene rings is 1. The number of hydrogen-bond acceptors (Lipinski definition) is 3. The van der Waals surface area contributed by atoms with E-state index in [1.54, 1.807) is 0 Å². The van der Waals surface area contributed by atoms with Crippen LogP contribution in [0.1, 0.15) is 19.8 Å². The van der Waals surface area contributed by atoms with Crippen molar-refractivity contribution in [1.82, 2.24) is 0 Å². The lowest BCUT2D eigenvalue weighted by Crippen LogP contribution is -2.18. The quantitative estimate of drug-likeness (QED) is 0.813. The fraction of sp³-hybridized carbons (Fsp3) is 0.500. The Kier molecular flexibility index (Phi) is 4.20. The van der Waals surface area contributed by atoms with E-state index in [0.29, 0.717) is 6.04 Å². The smallest absolute Gasteiger partial charge is 0.250 e. The third kappa shape index (κ3) is 3.74. The molecule has 1 unspecified atom stereocenters. The van der Waals surface area contributed by atoms with Crippen molar-refractivity contribution in [3.63, 3.8) is 0 Å². The zero-order valence-corrected chi connectivity index (χ0v) is 10.9. The maximum Gasteiger partial charge on any atom is 0.250 e. The first-order chi connectivity index (χ1) is 8.69. The maximum atomic E-state index is 11.3. The summed E-state index contributed by atoms with van der Waals surface area (Å²) in [6, 6.07) is 8.30. The molecule has 1 aromatic rings. The molecule has 1 aliphatic carbocycles. The minimum atomic E-state index is -0.135. The summed E-state index contributed by atoms with van der Waals surface area (Å²) in [5, 5.41) is 6.24. The standard InChI is InChI=1S/C14H20N2O2/c1-10(11-3-4-11)15-12-5-7-13(8-6-12)16-14(17)9-18-2/h5-8,10-11,15H,3-4,9H2,1-2H3,(H,16,17). The first-order valence-electron chi connectivity index (χ1n) is 6.34. The molecule has 0 saturated heterocycles. The fourth-order valence-corrected chi connectivity index (χ4v) is 1.95. The minimum absolute atomic E-state index is 0.0821. The van der Waals surface area contributed by atoms with Gasteiger partial charge in [-0.15, -0.1) is 0 Å². The number of carbonyl (C=O) groups excluding carboxylic acids is 1. The average Bonchev–Trinajstić information content (AvgIpc) is 3.16. The maximum absolute atomic E-state index is 11.3. The summed E-state index contributed by atoms with van der Waals surface area (Å²) in [6.07, 6.45) is 2.67. The van der Waals surface area contributed by atoms with Crippen molar-refractivity contribution in [2.75, 3.05) is 24.4 Å². The number of methoxy groups -OCH3 is 1. The Morgan fingerprint density at radius 1 is 1.33 bits per heavy atom. The van der Waals surface area contributed by atoms with Gasteiger partial charge in [0, 0.05) is 24.5 Å². The van der Waals surface area contributed by atoms with E-state index in [4.69, 9.17) is 4.74 Å². The lowest BCUT2D eigenvalue weighted by molar-refractivity contribution is -0.119. The Morgan fingerprint density at radius 3 is 2.50 bits per heavy atom. The van der Waals surface area contributed by atoms with Crippen LogP contribution in [0.3, 0.4) is 0 Å². The van der Waals surface area contributed by atoms with E-state index in [-0.39, 0.29) is 12.5 Å². The van der Waals surface area contributed by atoms with Crippen LogP contribution in [0.5, 0.6) is 0 Å². The van der Waals surface area contributed by atoms with E-state index >= 15 is 0 Å². The van der Waals surface area contributed by atoms with Crippen LogP contribution < -0.4 is 10.6 Å². The molecule has 4 nitrogen and oxygen atoms in total. The molecule has 0 heterocycles. The van der Waals surface area contributed by atoms with Crippen LogP contribution in [0, 0.1) is 5.92 Å². The van der Waals surface area contributed by atoms with Crippen LogP contribution in [0.4, 0.5) is 11.4 Å². The molecule has 0 spiro atoms. The molecule has 1 aliphatic rings. The Balaban J connectivity index is 1.86. The van der Waals surface area contributed by atoms with Gasteiger partial charge in [0.15, 0.2) is 0 Å². The van der Waals surface area contributed by atoms with Gasteiger partial charge >= 0.3 is 0 Å². The van der Waals surface area contributed by atoms with Gasteiger partial charge in [-0.05, 0) is 49.9 Å². The van der Waals surface area contributed by atoms with Crippen LogP contribution in [0.25, 0.3) is 0 Å². The number of hydrogen-bond donors (Lipinski definition) is 2. The normalized spacial score (nSPS) is 16.1. The van der Waals surface area contributed by atoms with Crippen molar-refractivity contribution in [3.8, 4) is 0 Å². The number of rotatable bonds is 6. The topological polar surface area (TPSA) is 50.4 Å². The van der Waals surface area contributed by atoms with Gasteiger partial charge < -0.3 is 15.4 Å². The van der Waals surface area contributed by atoms with Gasteiger partial charge in [-0.1, -0.05) is 0 Å². The van der Waals surface area contributed by atoms with Crippen molar-refractivity contribution >= 4 is 17.3 Å². The molecule has 1 amide bonds. The lowest BCUT2D eigenvalue weighted by Gasteiger charge is -2.14. The summed E-state index contributed by atoms with van der Waals surface area (Å²) in [6.45, 7) is 2.30. The summed E-state index contributed by atoms with van der Waals surface area (Å²) in [7, 11) is 1.51. The zero-order chi connectivity index (χ0) is 13.0. The highest BCUT2D eigenvalue weighted by Crippen LogP contribution is 2.34. The summed E-state index contributed by atoms with van der Waals surface area (Å²) in [5.41, 5.74) is 1.89. The van der Waals surface area contributed by atoms with E-state index in [2.05, 4.69) is 17.6 Å². The zero-order valence-electron chi connectivity index (χ0n) is 10.9. The Labute approximate surface area is 108 Å². The molecule has 0 aromatic heterocycles. The minimum Gasteiger partial charge on any atom is -0.382 e. The fourth-order valence-electron chi connectivity index (χ4n) is 1.95. The summed E-state index contributed by atoms with van der Waals surface area (Å²) >= 11 is 0. The Hall–Kier alpha value is -1.55. The van der Waals surface area contributed by atoms with Crippen molar-refractivity contribution in [3.05, 3.63) is 24.3 Å². The van der Waals surface area contributed by atoms with E-state index < -0.39 is 0 Å². The number of nitrogens with one attached hydrogen (secondary N) is 2. The second kappa shape index (κ2) is 5.87. The molecule has 2 rings (SSSR count). The van der Waals surface area contributed by atoms with Crippen molar-refractivity contribution in [1.29, 1.82) is 0 Å².